The van der Waals surface area contributed by atoms with Crippen LogP contribution in [0.3, 0.4) is 0 Å². The number of hydrogen-bond donors (Lipinski definition) is 1. The standard InChI is InChI=1S/C22H24N2O5S/c1-3-12-30(26,27)24-11-5-7-15-13-17(9-10-18(15)24)23-22(25)20-14-16-6-4-8-19(28-2)21(16)29-20/h4,6,8-10,13-14H,3,5,7,11-12H2,1-2H3,(H,23,25). The van der Waals surface area contributed by atoms with E-state index in [0.717, 1.165) is 23.8 Å². The SMILES string of the molecule is CCCS(=O)(=O)N1CCCc2cc(NC(=O)c3cc4cccc(OC)c4o3)ccc21. The Hall–Kier alpha value is -3.00. The van der Waals surface area contributed by atoms with Crippen LogP contribution >= 0.6 is 0 Å². The summed E-state index contributed by atoms with van der Waals surface area (Å²) in [5.74, 6) is 0.494. The number of ether oxygens (including phenoxy) is 1. The molecule has 4 rings (SSSR count). The molecule has 1 aliphatic rings. The number of furan rings is 1. The Morgan fingerprint density at radius 1 is 1.23 bits per heavy atom. The number of rotatable bonds is 6. The van der Waals surface area contributed by atoms with Crippen molar-refractivity contribution < 1.29 is 22.4 Å². The van der Waals surface area contributed by atoms with E-state index in [-0.39, 0.29) is 17.4 Å². The third-order valence-corrected chi connectivity index (χ3v) is 7.14. The number of fused-ring (bicyclic) bond motifs is 2. The second-order valence-electron chi connectivity index (χ2n) is 7.28. The van der Waals surface area contributed by atoms with Crippen molar-refractivity contribution >= 4 is 38.3 Å². The first-order valence-corrected chi connectivity index (χ1v) is 11.5. The number of anilines is 2. The number of benzene rings is 2. The van der Waals surface area contributed by atoms with E-state index >= 15 is 0 Å². The fraction of sp³-hybridized carbons (Fsp3) is 0.318. The van der Waals surface area contributed by atoms with Crippen LogP contribution in [0.1, 0.15) is 35.9 Å². The second-order valence-corrected chi connectivity index (χ2v) is 9.29. The fourth-order valence-electron chi connectivity index (χ4n) is 3.80. The minimum absolute atomic E-state index is 0.125. The monoisotopic (exact) mass is 428 g/mol. The molecule has 158 valence electrons. The van der Waals surface area contributed by atoms with E-state index in [1.165, 1.54) is 4.31 Å². The summed E-state index contributed by atoms with van der Waals surface area (Å²) >= 11 is 0. The van der Waals surface area contributed by atoms with E-state index in [9.17, 15) is 13.2 Å². The van der Waals surface area contributed by atoms with Crippen molar-refractivity contribution in [1.29, 1.82) is 0 Å². The van der Waals surface area contributed by atoms with Gasteiger partial charge in [-0.2, -0.15) is 0 Å². The summed E-state index contributed by atoms with van der Waals surface area (Å²) in [6.45, 7) is 2.34. The number of carbonyl (C=O) groups excluding carboxylic acids is 1. The van der Waals surface area contributed by atoms with Gasteiger partial charge < -0.3 is 14.5 Å². The fourth-order valence-corrected chi connectivity index (χ4v) is 5.42. The van der Waals surface area contributed by atoms with Gasteiger partial charge in [0.2, 0.25) is 10.0 Å². The summed E-state index contributed by atoms with van der Waals surface area (Å²) in [7, 11) is -1.78. The zero-order valence-electron chi connectivity index (χ0n) is 17.0. The Kier molecular flexibility index (Phi) is 5.42. The van der Waals surface area contributed by atoms with Gasteiger partial charge in [0.25, 0.3) is 5.91 Å². The highest BCUT2D eigenvalue weighted by molar-refractivity contribution is 7.92. The van der Waals surface area contributed by atoms with E-state index in [4.69, 9.17) is 9.15 Å². The van der Waals surface area contributed by atoms with Crippen LogP contribution in [0.2, 0.25) is 0 Å². The minimum atomic E-state index is -3.33. The van der Waals surface area contributed by atoms with Crippen molar-refractivity contribution in [2.75, 3.05) is 29.0 Å². The predicted octanol–water partition coefficient (Wildman–Crippen LogP) is 4.19. The molecule has 2 aromatic carbocycles. The first-order chi connectivity index (χ1) is 14.4. The minimum Gasteiger partial charge on any atom is -0.493 e. The average Bonchev–Trinajstić information content (AvgIpc) is 3.17. The van der Waals surface area contributed by atoms with Crippen molar-refractivity contribution in [3.05, 3.63) is 53.8 Å². The van der Waals surface area contributed by atoms with Gasteiger partial charge in [0, 0.05) is 17.6 Å². The van der Waals surface area contributed by atoms with Crippen molar-refractivity contribution in [2.24, 2.45) is 0 Å². The van der Waals surface area contributed by atoms with Crippen molar-refractivity contribution in [3.63, 3.8) is 0 Å². The molecular weight excluding hydrogens is 404 g/mol. The molecule has 0 unspecified atom stereocenters. The molecule has 30 heavy (non-hydrogen) atoms. The van der Waals surface area contributed by atoms with Crippen LogP contribution in [0.5, 0.6) is 5.75 Å². The number of methoxy groups -OCH3 is 1. The summed E-state index contributed by atoms with van der Waals surface area (Å²) in [5.41, 5.74) is 2.72. The maximum absolute atomic E-state index is 12.7. The Morgan fingerprint density at radius 3 is 2.83 bits per heavy atom. The van der Waals surface area contributed by atoms with Crippen LogP contribution in [0.4, 0.5) is 11.4 Å². The number of nitrogens with zero attached hydrogens (tertiary/aromatic N) is 1. The summed E-state index contributed by atoms with van der Waals surface area (Å²) in [6.07, 6.45) is 2.08. The summed E-state index contributed by atoms with van der Waals surface area (Å²) in [4.78, 5) is 12.7. The van der Waals surface area contributed by atoms with Crippen LogP contribution in [0.25, 0.3) is 11.0 Å². The summed E-state index contributed by atoms with van der Waals surface area (Å²) < 4.78 is 37.6. The molecule has 1 N–H and O–H groups in total. The van der Waals surface area contributed by atoms with Gasteiger partial charge in [-0.1, -0.05) is 19.1 Å². The average molecular weight is 429 g/mol. The van der Waals surface area contributed by atoms with E-state index in [1.807, 2.05) is 25.1 Å². The largest absolute Gasteiger partial charge is 0.493 e. The molecule has 0 radical (unpaired) electrons. The lowest BCUT2D eigenvalue weighted by Crippen LogP contribution is -2.37. The topological polar surface area (TPSA) is 88.9 Å². The third kappa shape index (κ3) is 3.75. The molecule has 0 atom stereocenters. The molecule has 0 spiro atoms. The van der Waals surface area contributed by atoms with Gasteiger partial charge in [0.15, 0.2) is 17.1 Å². The Balaban J connectivity index is 1.58. The second kappa shape index (κ2) is 8.02. The quantitative estimate of drug-likeness (QED) is 0.636. The Morgan fingerprint density at radius 2 is 2.07 bits per heavy atom. The smallest absolute Gasteiger partial charge is 0.291 e. The van der Waals surface area contributed by atoms with E-state index in [0.29, 0.717) is 35.7 Å². The van der Waals surface area contributed by atoms with Crippen LogP contribution in [0.15, 0.2) is 46.9 Å². The molecule has 2 heterocycles. The first kappa shape index (κ1) is 20.3. The lowest BCUT2D eigenvalue weighted by atomic mass is 10.0. The number of carbonyl (C=O) groups is 1. The zero-order valence-corrected chi connectivity index (χ0v) is 17.8. The van der Waals surface area contributed by atoms with Crippen molar-refractivity contribution in [3.8, 4) is 5.75 Å². The van der Waals surface area contributed by atoms with E-state index < -0.39 is 10.0 Å². The van der Waals surface area contributed by atoms with Crippen LogP contribution in [-0.2, 0) is 16.4 Å². The maximum atomic E-state index is 12.7. The highest BCUT2D eigenvalue weighted by atomic mass is 32.2. The molecule has 1 aromatic heterocycles. The van der Waals surface area contributed by atoms with Crippen molar-refractivity contribution in [2.45, 2.75) is 26.2 Å². The highest BCUT2D eigenvalue weighted by Crippen LogP contribution is 2.33. The number of nitrogens with one attached hydrogen (secondary N) is 1. The molecule has 8 heteroatoms. The van der Waals surface area contributed by atoms with E-state index in [1.54, 1.807) is 31.4 Å². The zero-order chi connectivity index (χ0) is 21.3. The molecule has 0 fully saturated rings. The molecule has 1 amide bonds. The normalized spacial score (nSPS) is 13.9. The number of amides is 1. The first-order valence-electron chi connectivity index (χ1n) is 9.94. The Labute approximate surface area is 175 Å². The number of hydrogen-bond acceptors (Lipinski definition) is 5. The highest BCUT2D eigenvalue weighted by Gasteiger charge is 2.27. The molecule has 1 aliphatic heterocycles. The van der Waals surface area contributed by atoms with Gasteiger partial charge in [0.05, 0.1) is 18.6 Å². The lowest BCUT2D eigenvalue weighted by molar-refractivity contribution is 0.0998. The van der Waals surface area contributed by atoms with Gasteiger partial charge in [-0.25, -0.2) is 8.42 Å². The third-order valence-electron chi connectivity index (χ3n) is 5.16. The van der Waals surface area contributed by atoms with E-state index in [2.05, 4.69) is 5.32 Å². The van der Waals surface area contributed by atoms with Gasteiger partial charge in [0.1, 0.15) is 0 Å². The van der Waals surface area contributed by atoms with Crippen LogP contribution < -0.4 is 14.4 Å². The molecule has 7 nitrogen and oxygen atoms in total. The molecule has 0 aliphatic carbocycles. The molecule has 0 bridgehead atoms. The molecule has 0 saturated carbocycles. The Bertz CT molecular complexity index is 1200. The maximum Gasteiger partial charge on any atom is 0.291 e. The van der Waals surface area contributed by atoms with Gasteiger partial charge in [-0.3, -0.25) is 9.10 Å². The summed E-state index contributed by atoms with van der Waals surface area (Å²) in [5, 5.41) is 3.62. The number of aryl methyl sites for hydroxylation is 1. The van der Waals surface area contributed by atoms with Gasteiger partial charge in [-0.15, -0.1) is 0 Å². The molecule has 3 aromatic rings. The predicted molar refractivity (Wildman–Crippen MR) is 117 cm³/mol. The molecular formula is C22H24N2O5S. The lowest BCUT2D eigenvalue weighted by Gasteiger charge is -2.30. The number of para-hydroxylation sites is 1. The summed E-state index contributed by atoms with van der Waals surface area (Å²) in [6, 6.07) is 12.4. The van der Waals surface area contributed by atoms with Crippen LogP contribution in [-0.4, -0.2) is 33.7 Å². The van der Waals surface area contributed by atoms with Gasteiger partial charge >= 0.3 is 0 Å². The number of sulfonamides is 1. The van der Waals surface area contributed by atoms with Gasteiger partial charge in [-0.05, 0) is 55.2 Å². The van der Waals surface area contributed by atoms with Crippen molar-refractivity contribution in [1.82, 2.24) is 0 Å². The van der Waals surface area contributed by atoms with Crippen LogP contribution in [0, 0.1) is 0 Å². The molecule has 0 saturated heterocycles.